The summed E-state index contributed by atoms with van der Waals surface area (Å²) >= 11 is 7.08. The molecule has 32 heavy (non-hydrogen) atoms. The number of nitrogens with zero attached hydrogens (tertiary/aromatic N) is 3. The fraction of sp³-hybridized carbons (Fsp3) is 0.143. The molecule has 0 saturated carbocycles. The minimum absolute atomic E-state index is 0.0115. The van der Waals surface area contributed by atoms with Crippen LogP contribution in [0, 0.1) is 5.82 Å². The zero-order valence-corrected chi connectivity index (χ0v) is 18.3. The third-order valence-electron chi connectivity index (χ3n) is 4.06. The van der Waals surface area contributed by atoms with Crippen molar-refractivity contribution in [3.63, 3.8) is 0 Å². The molecule has 0 aliphatic carbocycles. The third-order valence-corrected chi connectivity index (χ3v) is 5.36. The number of hydrazine groups is 1. The van der Waals surface area contributed by atoms with Crippen LogP contribution < -0.4 is 15.6 Å². The van der Waals surface area contributed by atoms with E-state index in [9.17, 15) is 14.0 Å². The van der Waals surface area contributed by atoms with Crippen molar-refractivity contribution < 1.29 is 18.7 Å². The van der Waals surface area contributed by atoms with Gasteiger partial charge in [-0.25, -0.2) is 4.39 Å². The minimum Gasteiger partial charge on any atom is -0.483 e. The van der Waals surface area contributed by atoms with E-state index >= 15 is 0 Å². The summed E-state index contributed by atoms with van der Waals surface area (Å²) in [4.78, 5) is 24.2. The molecular formula is C21H19ClFN5O3S. The van der Waals surface area contributed by atoms with Crippen molar-refractivity contribution in [2.24, 2.45) is 0 Å². The van der Waals surface area contributed by atoms with Crippen LogP contribution in [0.1, 0.15) is 16.2 Å². The second kappa shape index (κ2) is 11.3. The number of amides is 2. The van der Waals surface area contributed by atoms with Gasteiger partial charge in [-0.05, 0) is 24.3 Å². The van der Waals surface area contributed by atoms with Gasteiger partial charge >= 0.3 is 0 Å². The van der Waals surface area contributed by atoms with Crippen LogP contribution in [0.25, 0.3) is 0 Å². The van der Waals surface area contributed by atoms with Crippen molar-refractivity contribution in [3.8, 4) is 5.75 Å². The average molecular weight is 476 g/mol. The number of hydrogen-bond donors (Lipinski definition) is 2. The molecule has 2 aromatic carbocycles. The number of thioether (sulfide) groups is 1. The van der Waals surface area contributed by atoms with Gasteiger partial charge < -0.3 is 4.74 Å². The molecule has 0 atom stereocenters. The lowest BCUT2D eigenvalue weighted by atomic mass is 10.2. The summed E-state index contributed by atoms with van der Waals surface area (Å²) < 4.78 is 20.9. The molecule has 0 fully saturated rings. The Kier molecular flexibility index (Phi) is 8.23. The summed E-state index contributed by atoms with van der Waals surface area (Å²) in [6, 6.07) is 12.5. The summed E-state index contributed by atoms with van der Waals surface area (Å²) in [6.45, 7) is 4.07. The fourth-order valence-corrected chi connectivity index (χ4v) is 3.54. The Bertz CT molecular complexity index is 1120. The maximum atomic E-state index is 13.7. The van der Waals surface area contributed by atoms with E-state index in [2.05, 4.69) is 27.6 Å². The van der Waals surface area contributed by atoms with Crippen molar-refractivity contribution in [1.82, 2.24) is 25.6 Å². The molecule has 0 radical (unpaired) electrons. The first-order valence-corrected chi connectivity index (χ1v) is 10.7. The molecule has 0 aliphatic heterocycles. The van der Waals surface area contributed by atoms with Crippen LogP contribution in [-0.4, -0.2) is 32.3 Å². The van der Waals surface area contributed by atoms with Gasteiger partial charge in [0, 0.05) is 6.54 Å². The molecule has 1 aromatic heterocycles. The molecule has 8 nitrogen and oxygen atoms in total. The second-order valence-electron chi connectivity index (χ2n) is 6.29. The zero-order chi connectivity index (χ0) is 22.9. The molecule has 2 amide bonds. The molecular weight excluding hydrogens is 457 g/mol. The number of carbonyl (C=O) groups excluding carboxylic acids is 2. The number of aromatic nitrogens is 3. The topological polar surface area (TPSA) is 98.1 Å². The van der Waals surface area contributed by atoms with Crippen LogP contribution in [0.15, 0.2) is 66.3 Å². The Morgan fingerprint density at radius 3 is 2.66 bits per heavy atom. The first kappa shape index (κ1) is 23.3. The number of allylic oxidation sites excluding steroid dienone is 1. The Hall–Kier alpha value is -3.37. The number of ether oxygens (including phenoxy) is 1. The number of halogens is 2. The predicted octanol–water partition coefficient (Wildman–Crippen LogP) is 3.39. The number of hydrogen-bond acceptors (Lipinski definition) is 6. The van der Waals surface area contributed by atoms with Gasteiger partial charge in [-0.2, -0.15) is 0 Å². The molecule has 3 rings (SSSR count). The van der Waals surface area contributed by atoms with Crippen molar-refractivity contribution >= 4 is 35.2 Å². The summed E-state index contributed by atoms with van der Waals surface area (Å²) in [5.41, 5.74) is 4.88. The van der Waals surface area contributed by atoms with E-state index in [1.54, 1.807) is 47.0 Å². The number of para-hydroxylation sites is 1. The second-order valence-corrected chi connectivity index (χ2v) is 7.64. The van der Waals surface area contributed by atoms with Crippen molar-refractivity contribution in [3.05, 3.63) is 83.4 Å². The van der Waals surface area contributed by atoms with Gasteiger partial charge in [0.15, 0.2) is 22.5 Å². The van der Waals surface area contributed by atoms with E-state index in [0.29, 0.717) is 17.5 Å². The molecule has 0 aliphatic rings. The van der Waals surface area contributed by atoms with E-state index in [0.717, 1.165) is 11.8 Å². The summed E-state index contributed by atoms with van der Waals surface area (Å²) in [5.74, 6) is -0.949. The Labute approximate surface area is 192 Å². The van der Waals surface area contributed by atoms with E-state index in [1.807, 2.05) is 0 Å². The van der Waals surface area contributed by atoms with Gasteiger partial charge in [0.05, 0.1) is 16.3 Å². The van der Waals surface area contributed by atoms with Crippen LogP contribution in [-0.2, 0) is 17.9 Å². The Morgan fingerprint density at radius 1 is 1.16 bits per heavy atom. The standard InChI is InChI=1S/C21H19ClFN5O3S/c1-2-11-28-18(12-31-17-10-6-5-9-16(17)23)24-27-21(28)32-13-19(29)25-26-20(30)14-7-3-4-8-15(14)22/h2-10H,1,11-13H2,(H,25,29)(H,26,30). The lowest BCUT2D eigenvalue weighted by Gasteiger charge is -2.10. The number of nitrogens with one attached hydrogen (secondary N) is 2. The maximum Gasteiger partial charge on any atom is 0.271 e. The predicted molar refractivity (Wildman–Crippen MR) is 119 cm³/mol. The smallest absolute Gasteiger partial charge is 0.271 e. The highest BCUT2D eigenvalue weighted by molar-refractivity contribution is 7.99. The van der Waals surface area contributed by atoms with Crippen LogP contribution in [0.5, 0.6) is 5.75 Å². The van der Waals surface area contributed by atoms with E-state index < -0.39 is 17.6 Å². The van der Waals surface area contributed by atoms with Gasteiger partial charge in [0.1, 0.15) is 6.61 Å². The molecule has 1 heterocycles. The molecule has 2 N–H and O–H groups in total. The number of benzene rings is 2. The van der Waals surface area contributed by atoms with Gasteiger partial charge in [-0.3, -0.25) is 25.0 Å². The molecule has 3 aromatic rings. The van der Waals surface area contributed by atoms with Gasteiger partial charge in [-0.15, -0.1) is 16.8 Å². The normalized spacial score (nSPS) is 10.4. The lowest BCUT2D eigenvalue weighted by Crippen LogP contribution is -2.42. The fourth-order valence-electron chi connectivity index (χ4n) is 2.55. The zero-order valence-electron chi connectivity index (χ0n) is 16.8. The minimum atomic E-state index is -0.531. The van der Waals surface area contributed by atoms with Crippen LogP contribution in [0.4, 0.5) is 4.39 Å². The maximum absolute atomic E-state index is 13.7. The van der Waals surface area contributed by atoms with Gasteiger partial charge in [0.2, 0.25) is 5.91 Å². The van der Waals surface area contributed by atoms with Crippen LogP contribution in [0.3, 0.4) is 0 Å². The molecule has 0 saturated heterocycles. The van der Waals surface area contributed by atoms with E-state index in [-0.39, 0.29) is 28.7 Å². The van der Waals surface area contributed by atoms with Gasteiger partial charge in [-0.1, -0.05) is 53.7 Å². The van der Waals surface area contributed by atoms with Crippen molar-refractivity contribution in [2.45, 2.75) is 18.3 Å². The quantitative estimate of drug-likeness (QED) is 0.280. The average Bonchev–Trinajstić information content (AvgIpc) is 3.17. The SMILES string of the molecule is C=CCn1c(COc2ccccc2F)nnc1SCC(=O)NNC(=O)c1ccccc1Cl. The van der Waals surface area contributed by atoms with Crippen LogP contribution >= 0.6 is 23.4 Å². The first-order valence-electron chi connectivity index (χ1n) is 9.36. The Balaban J connectivity index is 1.55. The van der Waals surface area contributed by atoms with Crippen molar-refractivity contribution in [2.75, 3.05) is 5.75 Å². The highest BCUT2D eigenvalue weighted by Crippen LogP contribution is 2.20. The summed E-state index contributed by atoms with van der Waals surface area (Å²) in [5, 5.41) is 8.85. The largest absolute Gasteiger partial charge is 0.483 e. The highest BCUT2D eigenvalue weighted by Gasteiger charge is 2.16. The Morgan fingerprint density at radius 2 is 1.91 bits per heavy atom. The van der Waals surface area contributed by atoms with E-state index in [1.165, 1.54) is 12.1 Å². The monoisotopic (exact) mass is 475 g/mol. The molecule has 0 bridgehead atoms. The summed E-state index contributed by atoms with van der Waals surface area (Å²) in [7, 11) is 0. The van der Waals surface area contributed by atoms with Crippen molar-refractivity contribution in [1.29, 1.82) is 0 Å². The highest BCUT2D eigenvalue weighted by atomic mass is 35.5. The van der Waals surface area contributed by atoms with Gasteiger partial charge in [0.25, 0.3) is 5.91 Å². The molecule has 166 valence electrons. The molecule has 11 heteroatoms. The first-order chi connectivity index (χ1) is 15.5. The molecule has 0 unspecified atom stereocenters. The molecule has 0 spiro atoms. The number of rotatable bonds is 9. The summed E-state index contributed by atoms with van der Waals surface area (Å²) in [6.07, 6.45) is 1.64. The third kappa shape index (κ3) is 6.08. The van der Waals surface area contributed by atoms with Crippen LogP contribution in [0.2, 0.25) is 5.02 Å². The van der Waals surface area contributed by atoms with E-state index in [4.69, 9.17) is 16.3 Å². The lowest BCUT2D eigenvalue weighted by molar-refractivity contribution is -0.119. The number of carbonyl (C=O) groups is 2.